The highest BCUT2D eigenvalue weighted by molar-refractivity contribution is 6.17. The lowest BCUT2D eigenvalue weighted by molar-refractivity contribution is -0.137. The Bertz CT molecular complexity index is 1230. The number of aromatic nitrogens is 1. The second-order valence-electron chi connectivity index (χ2n) is 8.34. The number of pyridine rings is 1. The molecule has 0 radical (unpaired) electrons. The van der Waals surface area contributed by atoms with Crippen LogP contribution in [0.5, 0.6) is 0 Å². The lowest BCUT2D eigenvalue weighted by Crippen LogP contribution is -2.16. The second-order valence-corrected chi connectivity index (χ2v) is 8.34. The number of nitrogens with zero attached hydrogens (tertiary/aromatic N) is 2. The van der Waals surface area contributed by atoms with Gasteiger partial charge in [0.05, 0.1) is 29.1 Å². The Morgan fingerprint density at radius 2 is 1.82 bits per heavy atom. The van der Waals surface area contributed by atoms with Crippen LogP contribution in [-0.2, 0) is 11.0 Å². The smallest absolute Gasteiger partial charge is 0.384 e. The standard InChI is InChI=1S/C25H21F3N4O/c26-25(27,28)19-10-22-23(11-21(19)30-13-15-6-7-15)31-20(12-24(33)32-22)17-4-1-3-16(9-17)18-5-2-8-29-14-18/h1-5,8-11,14-15,30H,6-7,12-13H2,(H,32,33). The van der Waals surface area contributed by atoms with Crippen molar-refractivity contribution in [3.8, 4) is 11.1 Å². The van der Waals surface area contributed by atoms with Gasteiger partial charge >= 0.3 is 6.18 Å². The molecule has 33 heavy (non-hydrogen) atoms. The van der Waals surface area contributed by atoms with Crippen LogP contribution in [0.1, 0.15) is 30.4 Å². The zero-order chi connectivity index (χ0) is 23.0. The Labute approximate surface area is 188 Å². The molecule has 0 atom stereocenters. The van der Waals surface area contributed by atoms with E-state index < -0.39 is 17.6 Å². The van der Waals surface area contributed by atoms with Crippen molar-refractivity contribution >= 4 is 28.7 Å². The first-order valence-electron chi connectivity index (χ1n) is 10.7. The van der Waals surface area contributed by atoms with Crippen molar-refractivity contribution in [3.63, 3.8) is 0 Å². The Kier molecular flexibility index (Phi) is 5.36. The molecule has 2 heterocycles. The van der Waals surface area contributed by atoms with E-state index in [1.54, 1.807) is 12.4 Å². The third-order valence-electron chi connectivity index (χ3n) is 5.77. The largest absolute Gasteiger partial charge is 0.418 e. The Morgan fingerprint density at radius 1 is 1.03 bits per heavy atom. The quantitative estimate of drug-likeness (QED) is 0.497. The first-order valence-corrected chi connectivity index (χ1v) is 10.7. The minimum atomic E-state index is -4.55. The number of rotatable bonds is 5. The van der Waals surface area contributed by atoms with Crippen molar-refractivity contribution in [1.82, 2.24) is 4.98 Å². The number of anilines is 2. The van der Waals surface area contributed by atoms with Crippen molar-refractivity contribution < 1.29 is 18.0 Å². The summed E-state index contributed by atoms with van der Waals surface area (Å²) in [5.74, 6) is -0.00929. The number of alkyl halides is 3. The van der Waals surface area contributed by atoms with E-state index in [0.717, 1.165) is 35.6 Å². The topological polar surface area (TPSA) is 66.4 Å². The molecule has 5 rings (SSSR count). The first-order chi connectivity index (χ1) is 15.9. The highest BCUT2D eigenvalue weighted by Crippen LogP contribution is 2.42. The molecule has 1 fully saturated rings. The molecule has 3 aromatic rings. The van der Waals surface area contributed by atoms with Crippen LogP contribution in [0.15, 0.2) is 65.9 Å². The molecule has 2 aliphatic rings. The SMILES string of the molecule is O=C1CC(c2cccc(-c3cccnc3)c2)=Nc2cc(NCC3CC3)c(C(F)(F)F)cc2N1. The van der Waals surface area contributed by atoms with E-state index in [4.69, 9.17) is 0 Å². The molecular formula is C25H21F3N4O. The van der Waals surface area contributed by atoms with Crippen LogP contribution < -0.4 is 10.6 Å². The predicted octanol–water partition coefficient (Wildman–Crippen LogP) is 6.05. The summed E-state index contributed by atoms with van der Waals surface area (Å²) < 4.78 is 41.1. The normalized spacial score (nSPS) is 15.8. The summed E-state index contributed by atoms with van der Waals surface area (Å²) >= 11 is 0. The van der Waals surface area contributed by atoms with Crippen molar-refractivity contribution in [1.29, 1.82) is 0 Å². The lowest BCUT2D eigenvalue weighted by Gasteiger charge is -2.17. The van der Waals surface area contributed by atoms with Gasteiger partial charge in [0.15, 0.2) is 0 Å². The maximum Gasteiger partial charge on any atom is 0.418 e. The number of hydrogen-bond acceptors (Lipinski definition) is 4. The van der Waals surface area contributed by atoms with Crippen LogP contribution in [0.3, 0.4) is 0 Å². The zero-order valence-corrected chi connectivity index (χ0v) is 17.6. The van der Waals surface area contributed by atoms with Crippen LogP contribution in [0.2, 0.25) is 0 Å². The number of fused-ring (bicyclic) bond motifs is 1. The van der Waals surface area contributed by atoms with Crippen LogP contribution in [0, 0.1) is 5.92 Å². The number of halogens is 3. The summed E-state index contributed by atoms with van der Waals surface area (Å²) in [6, 6.07) is 13.7. The van der Waals surface area contributed by atoms with E-state index in [0.29, 0.717) is 23.9 Å². The van der Waals surface area contributed by atoms with Crippen LogP contribution in [0.25, 0.3) is 11.1 Å². The molecule has 0 saturated heterocycles. The number of hydrogen-bond donors (Lipinski definition) is 2. The van der Waals surface area contributed by atoms with E-state index in [1.807, 2.05) is 36.4 Å². The van der Waals surface area contributed by atoms with Crippen molar-refractivity contribution in [2.75, 3.05) is 17.2 Å². The molecule has 2 aromatic carbocycles. The number of amides is 1. The maximum atomic E-state index is 13.7. The fourth-order valence-corrected chi connectivity index (χ4v) is 3.85. The van der Waals surface area contributed by atoms with Crippen molar-refractivity contribution in [2.24, 2.45) is 10.9 Å². The fraction of sp³-hybridized carbons (Fsp3) is 0.240. The van der Waals surface area contributed by atoms with Gasteiger partial charge in [-0.25, -0.2) is 0 Å². The monoisotopic (exact) mass is 450 g/mol. The third-order valence-corrected chi connectivity index (χ3v) is 5.77. The van der Waals surface area contributed by atoms with Gasteiger partial charge in [0.25, 0.3) is 0 Å². The molecule has 1 saturated carbocycles. The van der Waals surface area contributed by atoms with Gasteiger partial charge in [-0.3, -0.25) is 14.8 Å². The molecule has 8 heteroatoms. The van der Waals surface area contributed by atoms with Crippen LogP contribution >= 0.6 is 0 Å². The number of carbonyl (C=O) groups excluding carboxylic acids is 1. The van der Waals surface area contributed by atoms with Crippen LogP contribution in [-0.4, -0.2) is 23.1 Å². The summed E-state index contributed by atoms with van der Waals surface area (Å²) in [5, 5.41) is 5.53. The zero-order valence-electron chi connectivity index (χ0n) is 17.6. The van der Waals surface area contributed by atoms with Gasteiger partial charge in [-0.05, 0) is 54.2 Å². The first kappa shape index (κ1) is 21.2. The average molecular weight is 450 g/mol. The van der Waals surface area contributed by atoms with Crippen LogP contribution in [0.4, 0.5) is 30.2 Å². The lowest BCUT2D eigenvalue weighted by atomic mass is 10.0. The summed E-state index contributed by atoms with van der Waals surface area (Å²) in [7, 11) is 0. The Balaban J connectivity index is 1.56. The number of aliphatic imine (C=N–C) groups is 1. The molecular weight excluding hydrogens is 429 g/mol. The molecule has 168 valence electrons. The van der Waals surface area contributed by atoms with Gasteiger partial charge in [-0.15, -0.1) is 0 Å². The van der Waals surface area contributed by atoms with E-state index in [9.17, 15) is 18.0 Å². The summed E-state index contributed by atoms with van der Waals surface area (Å²) in [6.45, 7) is 0.484. The maximum absolute atomic E-state index is 13.7. The van der Waals surface area contributed by atoms with E-state index in [-0.39, 0.29) is 17.8 Å². The van der Waals surface area contributed by atoms with Gasteiger partial charge < -0.3 is 10.6 Å². The molecule has 0 bridgehead atoms. The number of nitrogens with one attached hydrogen (secondary N) is 2. The molecule has 1 amide bonds. The number of carbonyl (C=O) groups is 1. The summed E-state index contributed by atoms with van der Waals surface area (Å²) in [6.07, 6.45) is 0.871. The molecule has 1 aliphatic carbocycles. The molecule has 5 nitrogen and oxygen atoms in total. The Morgan fingerprint density at radius 3 is 2.55 bits per heavy atom. The molecule has 1 aliphatic heterocycles. The highest BCUT2D eigenvalue weighted by atomic mass is 19.4. The molecule has 0 spiro atoms. The molecule has 0 unspecified atom stereocenters. The Hall–Kier alpha value is -3.68. The molecule has 1 aromatic heterocycles. The van der Waals surface area contributed by atoms with Crippen molar-refractivity contribution in [2.45, 2.75) is 25.4 Å². The average Bonchev–Trinajstić information content (AvgIpc) is 3.64. The number of benzene rings is 2. The fourth-order valence-electron chi connectivity index (χ4n) is 3.85. The highest BCUT2D eigenvalue weighted by Gasteiger charge is 2.36. The van der Waals surface area contributed by atoms with Crippen molar-refractivity contribution in [3.05, 3.63) is 72.1 Å². The van der Waals surface area contributed by atoms with Gasteiger partial charge in [-0.1, -0.05) is 24.3 Å². The summed E-state index contributed by atoms with van der Waals surface area (Å²) in [4.78, 5) is 21.3. The van der Waals surface area contributed by atoms with E-state index >= 15 is 0 Å². The minimum absolute atomic E-state index is 0.0171. The van der Waals surface area contributed by atoms with Gasteiger partial charge in [0.2, 0.25) is 5.91 Å². The third kappa shape index (κ3) is 4.74. The van der Waals surface area contributed by atoms with Gasteiger partial charge in [-0.2, -0.15) is 13.2 Å². The summed E-state index contributed by atoms with van der Waals surface area (Å²) in [5.41, 5.74) is 2.58. The predicted molar refractivity (Wildman–Crippen MR) is 122 cm³/mol. The van der Waals surface area contributed by atoms with E-state index in [2.05, 4.69) is 20.6 Å². The second kappa shape index (κ2) is 8.35. The van der Waals surface area contributed by atoms with E-state index in [1.165, 1.54) is 6.07 Å². The minimum Gasteiger partial charge on any atom is -0.384 e. The molecule has 2 N–H and O–H groups in total. The van der Waals surface area contributed by atoms with Gasteiger partial charge in [0, 0.05) is 30.2 Å². The van der Waals surface area contributed by atoms with Gasteiger partial charge in [0.1, 0.15) is 0 Å².